The highest BCUT2D eigenvalue weighted by atomic mass is 16.4. The fourth-order valence-corrected chi connectivity index (χ4v) is 3.08. The van der Waals surface area contributed by atoms with Crippen LogP contribution in [0, 0.1) is 6.92 Å². The quantitative estimate of drug-likeness (QED) is 0.929. The molecule has 1 atom stereocenters. The van der Waals surface area contributed by atoms with Gasteiger partial charge in [-0.2, -0.15) is 0 Å². The van der Waals surface area contributed by atoms with Gasteiger partial charge in [0.2, 0.25) is 5.91 Å². The molecule has 0 aliphatic carbocycles. The van der Waals surface area contributed by atoms with Crippen molar-refractivity contribution in [1.29, 1.82) is 0 Å². The van der Waals surface area contributed by atoms with E-state index in [2.05, 4.69) is 0 Å². The number of carbonyl (C=O) groups is 2. The average molecular weight is 326 g/mol. The summed E-state index contributed by atoms with van der Waals surface area (Å²) in [5.41, 5.74) is 0.663. The van der Waals surface area contributed by atoms with Gasteiger partial charge >= 0.3 is 5.97 Å². The van der Waals surface area contributed by atoms with Crippen LogP contribution in [0.1, 0.15) is 33.9 Å². The van der Waals surface area contributed by atoms with E-state index in [4.69, 9.17) is 0 Å². The molecule has 1 N–H and O–H groups in total. The Kier molecular flexibility index (Phi) is 4.20. The highest BCUT2D eigenvalue weighted by molar-refractivity contribution is 5.88. The SMILES string of the molecule is Cc1ccn(C2CC(=O)N(Cc3ccccc3)C2)c(=O)c1C(=O)O. The lowest BCUT2D eigenvalue weighted by Crippen LogP contribution is -2.31. The zero-order valence-electron chi connectivity index (χ0n) is 13.3. The lowest BCUT2D eigenvalue weighted by atomic mass is 10.1. The molecule has 6 nitrogen and oxygen atoms in total. The van der Waals surface area contributed by atoms with Gasteiger partial charge in [-0.1, -0.05) is 30.3 Å². The molecule has 1 aromatic heterocycles. The molecule has 1 aliphatic heterocycles. The molecular weight excluding hydrogens is 308 g/mol. The number of carbonyl (C=O) groups excluding carboxylic acids is 1. The van der Waals surface area contributed by atoms with Crippen LogP contribution in [0.4, 0.5) is 0 Å². The summed E-state index contributed by atoms with van der Waals surface area (Å²) in [6, 6.07) is 10.9. The van der Waals surface area contributed by atoms with Crippen LogP contribution in [-0.2, 0) is 11.3 Å². The van der Waals surface area contributed by atoms with Gasteiger partial charge < -0.3 is 14.6 Å². The van der Waals surface area contributed by atoms with Crippen LogP contribution in [0.25, 0.3) is 0 Å². The van der Waals surface area contributed by atoms with Gasteiger partial charge in [0.05, 0.1) is 6.04 Å². The maximum absolute atomic E-state index is 12.4. The van der Waals surface area contributed by atoms with Gasteiger partial charge in [0.1, 0.15) is 5.56 Å². The first-order chi connectivity index (χ1) is 11.5. The van der Waals surface area contributed by atoms with Crippen LogP contribution < -0.4 is 5.56 Å². The van der Waals surface area contributed by atoms with E-state index in [0.717, 1.165) is 5.56 Å². The predicted molar refractivity (Wildman–Crippen MR) is 87.9 cm³/mol. The first-order valence-corrected chi connectivity index (χ1v) is 7.74. The Morgan fingerprint density at radius 2 is 1.92 bits per heavy atom. The molecule has 2 heterocycles. The largest absolute Gasteiger partial charge is 0.477 e. The first kappa shape index (κ1) is 16.0. The average Bonchev–Trinajstić information content (AvgIpc) is 2.88. The summed E-state index contributed by atoms with van der Waals surface area (Å²) in [6.07, 6.45) is 1.78. The zero-order chi connectivity index (χ0) is 17.3. The number of likely N-dealkylation sites (tertiary alicyclic amines) is 1. The van der Waals surface area contributed by atoms with Crippen LogP contribution in [0.15, 0.2) is 47.4 Å². The number of carboxylic acids is 1. The van der Waals surface area contributed by atoms with Crippen LogP contribution in [0.5, 0.6) is 0 Å². The van der Waals surface area contributed by atoms with Crippen molar-refractivity contribution in [2.24, 2.45) is 0 Å². The number of aromatic nitrogens is 1. The molecule has 6 heteroatoms. The molecule has 2 aromatic rings. The van der Waals surface area contributed by atoms with Crippen LogP contribution in [0.2, 0.25) is 0 Å². The number of rotatable bonds is 4. The number of hydrogen-bond acceptors (Lipinski definition) is 3. The van der Waals surface area contributed by atoms with Crippen LogP contribution in [-0.4, -0.2) is 33.0 Å². The van der Waals surface area contributed by atoms with Gasteiger partial charge in [-0.05, 0) is 24.1 Å². The van der Waals surface area contributed by atoms with Crippen molar-refractivity contribution in [2.75, 3.05) is 6.54 Å². The van der Waals surface area contributed by atoms with Crippen molar-refractivity contribution in [1.82, 2.24) is 9.47 Å². The van der Waals surface area contributed by atoms with E-state index in [-0.39, 0.29) is 23.9 Å². The van der Waals surface area contributed by atoms with Crippen molar-refractivity contribution < 1.29 is 14.7 Å². The molecule has 1 saturated heterocycles. The third kappa shape index (κ3) is 2.95. The number of aryl methyl sites for hydroxylation is 1. The highest BCUT2D eigenvalue weighted by Gasteiger charge is 2.32. The molecule has 0 saturated carbocycles. The van der Waals surface area contributed by atoms with Crippen molar-refractivity contribution in [2.45, 2.75) is 25.9 Å². The van der Waals surface area contributed by atoms with E-state index in [1.54, 1.807) is 24.1 Å². The molecule has 124 valence electrons. The van der Waals surface area contributed by atoms with Crippen LogP contribution >= 0.6 is 0 Å². The van der Waals surface area contributed by atoms with Gasteiger partial charge in [0, 0.05) is 25.7 Å². The van der Waals surface area contributed by atoms with Crippen LogP contribution in [0.3, 0.4) is 0 Å². The monoisotopic (exact) mass is 326 g/mol. The smallest absolute Gasteiger partial charge is 0.341 e. The lowest BCUT2D eigenvalue weighted by Gasteiger charge is -2.18. The second-order valence-corrected chi connectivity index (χ2v) is 6.01. The fraction of sp³-hybridized carbons (Fsp3) is 0.278. The number of hydrogen-bond donors (Lipinski definition) is 1. The van der Waals surface area contributed by atoms with E-state index in [1.165, 1.54) is 4.57 Å². The highest BCUT2D eigenvalue weighted by Crippen LogP contribution is 2.23. The Morgan fingerprint density at radius 1 is 1.21 bits per heavy atom. The zero-order valence-corrected chi connectivity index (χ0v) is 13.3. The molecule has 0 radical (unpaired) electrons. The number of aromatic carboxylic acids is 1. The Hall–Kier alpha value is -2.89. The molecule has 3 rings (SSSR count). The molecule has 0 spiro atoms. The molecule has 24 heavy (non-hydrogen) atoms. The number of benzene rings is 1. The maximum atomic E-state index is 12.4. The molecule has 0 bridgehead atoms. The third-order valence-corrected chi connectivity index (χ3v) is 4.35. The standard InChI is InChI=1S/C18H18N2O4/c1-12-7-8-20(17(22)16(12)18(23)24)14-9-15(21)19(11-14)10-13-5-3-2-4-6-13/h2-8,14H,9-11H2,1H3,(H,23,24). The Bertz CT molecular complexity index is 842. The van der Waals surface area contributed by atoms with Crippen molar-refractivity contribution in [3.8, 4) is 0 Å². The number of nitrogens with zero attached hydrogens (tertiary/aromatic N) is 2. The summed E-state index contributed by atoms with van der Waals surface area (Å²) in [6.45, 7) is 2.48. The summed E-state index contributed by atoms with van der Waals surface area (Å²) in [5.74, 6) is -1.27. The molecule has 1 fully saturated rings. The summed E-state index contributed by atoms with van der Waals surface area (Å²) in [5, 5.41) is 9.22. The first-order valence-electron chi connectivity index (χ1n) is 7.74. The van der Waals surface area contributed by atoms with Gasteiger partial charge in [-0.3, -0.25) is 9.59 Å². The van der Waals surface area contributed by atoms with Crippen molar-refractivity contribution >= 4 is 11.9 Å². The second kappa shape index (κ2) is 6.31. The van der Waals surface area contributed by atoms with Crippen molar-refractivity contribution in [3.05, 3.63) is 69.6 Å². The van der Waals surface area contributed by atoms with Gasteiger partial charge in [-0.25, -0.2) is 4.79 Å². The molecule has 1 aliphatic rings. The number of pyridine rings is 1. The predicted octanol–water partition coefficient (Wildman–Crippen LogP) is 1.83. The number of amides is 1. The molecule has 1 aromatic carbocycles. The number of carboxylic acid groups (broad SMARTS) is 1. The van der Waals surface area contributed by atoms with E-state index >= 15 is 0 Å². The third-order valence-electron chi connectivity index (χ3n) is 4.35. The van der Waals surface area contributed by atoms with E-state index in [9.17, 15) is 19.5 Å². The second-order valence-electron chi connectivity index (χ2n) is 6.01. The molecular formula is C18H18N2O4. The Balaban J connectivity index is 1.85. The molecule has 1 unspecified atom stereocenters. The summed E-state index contributed by atoms with van der Waals surface area (Å²) in [4.78, 5) is 37.7. The van der Waals surface area contributed by atoms with Gasteiger partial charge in [0.25, 0.3) is 5.56 Å². The van der Waals surface area contributed by atoms with Gasteiger partial charge in [0.15, 0.2) is 0 Å². The minimum atomic E-state index is -1.24. The fourth-order valence-electron chi connectivity index (χ4n) is 3.08. The van der Waals surface area contributed by atoms with E-state index in [1.807, 2.05) is 30.3 Å². The Labute approximate surface area is 139 Å². The van der Waals surface area contributed by atoms with Gasteiger partial charge in [-0.15, -0.1) is 0 Å². The van der Waals surface area contributed by atoms with Crippen molar-refractivity contribution in [3.63, 3.8) is 0 Å². The van der Waals surface area contributed by atoms with E-state index < -0.39 is 11.5 Å². The Morgan fingerprint density at radius 3 is 2.58 bits per heavy atom. The summed E-state index contributed by atoms with van der Waals surface area (Å²) >= 11 is 0. The minimum Gasteiger partial charge on any atom is -0.477 e. The maximum Gasteiger partial charge on any atom is 0.341 e. The molecule has 1 amide bonds. The normalized spacial score (nSPS) is 17.3. The topological polar surface area (TPSA) is 79.6 Å². The summed E-state index contributed by atoms with van der Waals surface area (Å²) in [7, 11) is 0. The minimum absolute atomic E-state index is 0.0341. The lowest BCUT2D eigenvalue weighted by molar-refractivity contribution is -0.128. The van der Waals surface area contributed by atoms with E-state index in [0.29, 0.717) is 18.7 Å². The summed E-state index contributed by atoms with van der Waals surface area (Å²) < 4.78 is 1.37.